The van der Waals surface area contributed by atoms with Gasteiger partial charge in [0.15, 0.2) is 6.29 Å². The Morgan fingerprint density at radius 1 is 1.11 bits per heavy atom. The van der Waals surface area contributed by atoms with Crippen LogP contribution < -0.4 is 0 Å². The van der Waals surface area contributed by atoms with E-state index in [1.165, 1.54) is 18.1 Å². The summed E-state index contributed by atoms with van der Waals surface area (Å²) in [6.45, 7) is 19.5. The van der Waals surface area contributed by atoms with Gasteiger partial charge in [-0.25, -0.2) is 0 Å². The van der Waals surface area contributed by atoms with Crippen molar-refractivity contribution in [2.75, 3.05) is 6.61 Å². The van der Waals surface area contributed by atoms with Crippen molar-refractivity contribution in [1.82, 2.24) is 0 Å². The minimum atomic E-state index is -1.22. The fraction of sp³-hybridized carbons (Fsp3) is 0.781. The SMILES string of the molecule is CC(=O)OC1CC(C)C2C(O)C(OC3OCC4(C)CC(C)(C)c5ccc(C)c3c54)C3(C)CC(C)(C)C1C23O. The molecular formula is C32H46O6. The number of hydrogen-bond donors (Lipinski definition) is 2. The summed E-state index contributed by atoms with van der Waals surface area (Å²) in [6, 6.07) is 4.44. The number of carbonyl (C=O) groups excluding carboxylic acids is 1. The van der Waals surface area contributed by atoms with E-state index >= 15 is 0 Å². The minimum absolute atomic E-state index is 0.0310. The van der Waals surface area contributed by atoms with Crippen molar-refractivity contribution >= 4 is 5.97 Å². The molecule has 3 saturated carbocycles. The van der Waals surface area contributed by atoms with Crippen molar-refractivity contribution in [3.05, 3.63) is 34.4 Å². The van der Waals surface area contributed by atoms with Gasteiger partial charge in [-0.05, 0) is 59.6 Å². The zero-order chi connectivity index (χ0) is 27.8. The van der Waals surface area contributed by atoms with Crippen molar-refractivity contribution in [2.45, 2.75) is 123 Å². The van der Waals surface area contributed by atoms with Crippen LogP contribution in [0, 0.1) is 35.5 Å². The van der Waals surface area contributed by atoms with Gasteiger partial charge in [0.2, 0.25) is 0 Å². The molecule has 3 fully saturated rings. The van der Waals surface area contributed by atoms with Gasteiger partial charge < -0.3 is 24.4 Å². The summed E-state index contributed by atoms with van der Waals surface area (Å²) in [5, 5.41) is 24.6. The molecular weight excluding hydrogens is 480 g/mol. The van der Waals surface area contributed by atoms with E-state index in [-0.39, 0.29) is 46.1 Å². The molecule has 0 aromatic heterocycles. The first-order valence-corrected chi connectivity index (χ1v) is 14.5. The lowest BCUT2D eigenvalue weighted by molar-refractivity contribution is -0.234. The van der Waals surface area contributed by atoms with Gasteiger partial charge in [-0.1, -0.05) is 60.6 Å². The highest BCUT2D eigenvalue weighted by Gasteiger charge is 2.80. The smallest absolute Gasteiger partial charge is 0.302 e. The largest absolute Gasteiger partial charge is 0.462 e. The fourth-order valence-corrected chi connectivity index (χ4v) is 10.8. The van der Waals surface area contributed by atoms with E-state index in [1.807, 2.05) is 0 Å². The summed E-state index contributed by atoms with van der Waals surface area (Å²) in [5.74, 6) is -1.01. The highest BCUT2D eigenvalue weighted by Crippen LogP contribution is 2.73. The Kier molecular flexibility index (Phi) is 5.51. The summed E-state index contributed by atoms with van der Waals surface area (Å²) in [7, 11) is 0. The lowest BCUT2D eigenvalue weighted by Crippen LogP contribution is -2.60. The number of hydrogen-bond acceptors (Lipinski definition) is 6. The normalized spacial score (nSPS) is 47.5. The highest BCUT2D eigenvalue weighted by atomic mass is 16.7. The molecule has 6 nitrogen and oxygen atoms in total. The number of rotatable bonds is 3. The molecule has 1 aromatic carbocycles. The zero-order valence-corrected chi connectivity index (χ0v) is 24.6. The van der Waals surface area contributed by atoms with Crippen LogP contribution in [0.4, 0.5) is 0 Å². The molecule has 5 aliphatic rings. The molecule has 0 bridgehead atoms. The average Bonchev–Trinajstić information content (AvgIpc) is 3.15. The number of aliphatic hydroxyl groups is 2. The van der Waals surface area contributed by atoms with Gasteiger partial charge in [-0.15, -0.1) is 0 Å². The number of benzene rings is 1. The third-order valence-electron chi connectivity index (χ3n) is 11.5. The third-order valence-corrected chi connectivity index (χ3v) is 11.5. The summed E-state index contributed by atoms with van der Waals surface area (Å²) >= 11 is 0. The third kappa shape index (κ3) is 3.18. The minimum Gasteiger partial charge on any atom is -0.462 e. The van der Waals surface area contributed by atoms with Crippen molar-refractivity contribution in [2.24, 2.45) is 28.6 Å². The van der Waals surface area contributed by atoms with E-state index in [9.17, 15) is 15.0 Å². The van der Waals surface area contributed by atoms with Gasteiger partial charge in [-0.3, -0.25) is 4.79 Å². The molecule has 10 atom stereocenters. The first-order chi connectivity index (χ1) is 17.5. The standard InChI is InChI=1S/C32H46O6/c1-16-10-11-19-23-21(16)27(36-15-30(23,8)13-28(19,4)5)38-26-24(34)22-17(2)12-20(37-18(3)33)25-29(6,7)14-31(26,9)32(22,25)35/h10-11,17,20,22,24-27,34-35H,12-15H2,1-9H3. The number of aryl methyl sites for hydroxylation is 1. The molecule has 210 valence electrons. The van der Waals surface area contributed by atoms with E-state index in [0.717, 1.165) is 17.5 Å². The second-order valence-electron chi connectivity index (χ2n) is 15.3. The molecule has 0 saturated heterocycles. The second kappa shape index (κ2) is 7.84. The Hall–Kier alpha value is -1.47. The van der Waals surface area contributed by atoms with Crippen molar-refractivity contribution in [3.63, 3.8) is 0 Å². The molecule has 0 radical (unpaired) electrons. The predicted molar refractivity (Wildman–Crippen MR) is 144 cm³/mol. The number of carbonyl (C=O) groups is 1. The Morgan fingerprint density at radius 2 is 1.79 bits per heavy atom. The van der Waals surface area contributed by atoms with Crippen LogP contribution in [0.2, 0.25) is 0 Å². The van der Waals surface area contributed by atoms with E-state index in [0.29, 0.717) is 19.4 Å². The Labute approximate surface area is 227 Å². The number of aliphatic hydroxyl groups excluding tert-OH is 1. The van der Waals surface area contributed by atoms with E-state index in [2.05, 4.69) is 67.5 Å². The van der Waals surface area contributed by atoms with Crippen molar-refractivity contribution in [1.29, 1.82) is 0 Å². The maximum Gasteiger partial charge on any atom is 0.302 e. The molecule has 6 rings (SSSR count). The first-order valence-electron chi connectivity index (χ1n) is 14.5. The Balaban J connectivity index is 1.43. The van der Waals surface area contributed by atoms with Crippen molar-refractivity contribution in [3.8, 4) is 0 Å². The maximum atomic E-state index is 12.7. The van der Waals surface area contributed by atoms with Crippen LogP contribution in [0.25, 0.3) is 0 Å². The molecule has 4 aliphatic carbocycles. The lowest BCUT2D eigenvalue weighted by Gasteiger charge is -2.52. The van der Waals surface area contributed by atoms with Crippen LogP contribution in [-0.4, -0.2) is 46.7 Å². The summed E-state index contributed by atoms with van der Waals surface area (Å²) < 4.78 is 19.3. The van der Waals surface area contributed by atoms with Crippen LogP contribution in [0.5, 0.6) is 0 Å². The van der Waals surface area contributed by atoms with E-state index in [4.69, 9.17) is 14.2 Å². The van der Waals surface area contributed by atoms with E-state index in [1.54, 1.807) is 0 Å². The van der Waals surface area contributed by atoms with Crippen LogP contribution >= 0.6 is 0 Å². The monoisotopic (exact) mass is 526 g/mol. The Morgan fingerprint density at radius 3 is 2.45 bits per heavy atom. The molecule has 1 aliphatic heterocycles. The molecule has 6 heteroatoms. The Bertz CT molecular complexity index is 1190. The van der Waals surface area contributed by atoms with Crippen LogP contribution in [0.15, 0.2) is 12.1 Å². The van der Waals surface area contributed by atoms with Gasteiger partial charge in [0.05, 0.1) is 24.4 Å². The van der Waals surface area contributed by atoms with Gasteiger partial charge in [0.1, 0.15) is 6.10 Å². The van der Waals surface area contributed by atoms with Gasteiger partial charge in [-0.2, -0.15) is 0 Å². The maximum absolute atomic E-state index is 12.7. The van der Waals surface area contributed by atoms with Crippen LogP contribution in [0.1, 0.15) is 103 Å². The average molecular weight is 527 g/mol. The summed E-state index contributed by atoms with van der Waals surface area (Å²) in [4.78, 5) is 12.1. The summed E-state index contributed by atoms with van der Waals surface area (Å²) in [5.41, 5.74) is 2.67. The highest BCUT2D eigenvalue weighted by molar-refractivity contribution is 5.66. The molecule has 1 aromatic rings. The molecule has 0 amide bonds. The van der Waals surface area contributed by atoms with Gasteiger partial charge >= 0.3 is 5.97 Å². The molecule has 2 N–H and O–H groups in total. The van der Waals surface area contributed by atoms with E-state index < -0.39 is 29.5 Å². The zero-order valence-electron chi connectivity index (χ0n) is 24.6. The van der Waals surface area contributed by atoms with Crippen molar-refractivity contribution < 1.29 is 29.2 Å². The molecule has 0 spiro atoms. The predicted octanol–water partition coefficient (Wildman–Crippen LogP) is 5.09. The van der Waals surface area contributed by atoms with Crippen LogP contribution in [0.3, 0.4) is 0 Å². The number of ether oxygens (including phenoxy) is 3. The fourth-order valence-electron chi connectivity index (χ4n) is 10.8. The summed E-state index contributed by atoms with van der Waals surface area (Å²) in [6.07, 6.45) is -0.142. The lowest BCUT2D eigenvalue weighted by atomic mass is 9.58. The quantitative estimate of drug-likeness (QED) is 0.534. The molecule has 38 heavy (non-hydrogen) atoms. The first kappa shape index (κ1) is 26.7. The second-order valence-corrected chi connectivity index (χ2v) is 15.3. The van der Waals surface area contributed by atoms with Crippen LogP contribution in [-0.2, 0) is 29.8 Å². The topological polar surface area (TPSA) is 85.2 Å². The van der Waals surface area contributed by atoms with Gasteiger partial charge in [0, 0.05) is 35.2 Å². The van der Waals surface area contributed by atoms with Gasteiger partial charge in [0.25, 0.3) is 0 Å². The molecule has 10 unspecified atom stereocenters. The number of esters is 1. The molecule has 1 heterocycles.